The summed E-state index contributed by atoms with van der Waals surface area (Å²) in [5.41, 5.74) is -0.484. The number of nitrogens with zero attached hydrogens (tertiary/aromatic N) is 3. The fourth-order valence-corrected chi connectivity index (χ4v) is 2.84. The Morgan fingerprint density at radius 1 is 1.37 bits per heavy atom. The number of aryl methyl sites for hydroxylation is 1. The highest BCUT2D eigenvalue weighted by Crippen LogP contribution is 2.26. The first-order valence-electron chi connectivity index (χ1n) is 7.76. The van der Waals surface area contributed by atoms with E-state index in [1.165, 1.54) is 6.07 Å². The molecule has 0 radical (unpaired) electrons. The average molecular weight is 391 g/mol. The van der Waals surface area contributed by atoms with Gasteiger partial charge in [0.15, 0.2) is 17.8 Å². The minimum atomic E-state index is -5.03. The van der Waals surface area contributed by atoms with Crippen LogP contribution in [-0.2, 0) is 17.7 Å². The van der Waals surface area contributed by atoms with Gasteiger partial charge in [-0.3, -0.25) is 0 Å². The van der Waals surface area contributed by atoms with Crippen LogP contribution in [0.25, 0.3) is 0 Å². The summed E-state index contributed by atoms with van der Waals surface area (Å²) in [5, 5.41) is 12.8. The summed E-state index contributed by atoms with van der Waals surface area (Å²) in [6.45, 7) is -0.220. The molecule has 1 aromatic heterocycles. The van der Waals surface area contributed by atoms with Crippen LogP contribution in [0.1, 0.15) is 30.5 Å². The van der Waals surface area contributed by atoms with Gasteiger partial charge in [0.05, 0.1) is 6.54 Å². The van der Waals surface area contributed by atoms with Gasteiger partial charge in [0.2, 0.25) is 0 Å². The van der Waals surface area contributed by atoms with Gasteiger partial charge in [-0.15, -0.1) is 13.2 Å². The van der Waals surface area contributed by atoms with E-state index >= 15 is 0 Å². The van der Waals surface area contributed by atoms with E-state index < -0.39 is 36.0 Å². The van der Waals surface area contributed by atoms with E-state index in [2.05, 4.69) is 14.6 Å². The highest BCUT2D eigenvalue weighted by molar-refractivity contribution is 5.56. The van der Waals surface area contributed by atoms with Crippen molar-refractivity contribution in [2.24, 2.45) is 0 Å². The number of alkyl halides is 3. The number of hydrogen-bond donors (Lipinski definition) is 1. The number of carbonyl (C=O) groups is 1. The number of fused-ring (bicyclic) bond motifs is 1. The first-order valence-corrected chi connectivity index (χ1v) is 7.76. The fraction of sp³-hybridized carbons (Fsp3) is 0.400. The van der Waals surface area contributed by atoms with E-state index in [0.717, 1.165) is 21.4 Å². The summed E-state index contributed by atoms with van der Waals surface area (Å²) in [5.74, 6) is -1.92. The zero-order valence-electron chi connectivity index (χ0n) is 13.6. The Labute approximate surface area is 148 Å². The molecule has 0 saturated carbocycles. The maximum atomic E-state index is 13.8. The lowest BCUT2D eigenvalue weighted by molar-refractivity contribution is -0.275. The molecule has 1 N–H and O–H groups in total. The molecule has 1 aromatic carbocycles. The maximum Gasteiger partial charge on any atom is 0.573 e. The average Bonchev–Trinajstić information content (AvgIpc) is 2.86. The molecule has 2 heterocycles. The number of carboxylic acid groups (broad SMARTS) is 1. The molecule has 27 heavy (non-hydrogen) atoms. The van der Waals surface area contributed by atoms with Crippen LogP contribution < -0.4 is 10.4 Å². The Morgan fingerprint density at radius 3 is 2.74 bits per heavy atom. The van der Waals surface area contributed by atoms with Gasteiger partial charge in [0, 0.05) is 12.8 Å². The molecule has 1 atom stereocenters. The Hall–Kier alpha value is -3.05. The van der Waals surface area contributed by atoms with E-state index in [1.807, 2.05) is 0 Å². The van der Waals surface area contributed by atoms with Crippen LogP contribution >= 0.6 is 0 Å². The van der Waals surface area contributed by atoms with Crippen molar-refractivity contribution in [2.75, 3.05) is 0 Å². The third kappa shape index (κ3) is 4.20. The van der Waals surface area contributed by atoms with Gasteiger partial charge in [-0.25, -0.2) is 23.2 Å². The van der Waals surface area contributed by atoms with Crippen LogP contribution in [0.4, 0.5) is 22.4 Å². The second kappa shape index (κ2) is 6.93. The Kier molecular flexibility index (Phi) is 4.81. The maximum absolute atomic E-state index is 13.8. The van der Waals surface area contributed by atoms with Crippen LogP contribution in [0.5, 0.6) is 5.75 Å². The van der Waals surface area contributed by atoms with Crippen LogP contribution in [0.2, 0.25) is 0 Å². The van der Waals surface area contributed by atoms with E-state index in [1.54, 1.807) is 0 Å². The van der Waals surface area contributed by atoms with Crippen LogP contribution in [0.15, 0.2) is 23.0 Å². The molecule has 0 saturated heterocycles. The smallest absolute Gasteiger partial charge is 0.450 e. The Morgan fingerprint density at radius 2 is 2.11 bits per heavy atom. The minimum absolute atomic E-state index is 0.176. The molecule has 2 aromatic rings. The second-order valence-electron chi connectivity index (χ2n) is 5.77. The summed E-state index contributed by atoms with van der Waals surface area (Å²) in [6.07, 6.45) is -6.27. The molecule has 3 rings (SSSR count). The van der Waals surface area contributed by atoms with E-state index in [9.17, 15) is 27.2 Å². The molecule has 0 spiro atoms. The van der Waals surface area contributed by atoms with Crippen molar-refractivity contribution in [1.29, 1.82) is 0 Å². The van der Waals surface area contributed by atoms with Crippen molar-refractivity contribution in [3.63, 3.8) is 0 Å². The summed E-state index contributed by atoms with van der Waals surface area (Å²) >= 11 is 0. The van der Waals surface area contributed by atoms with Crippen molar-refractivity contribution in [3.05, 3.63) is 45.9 Å². The predicted molar refractivity (Wildman–Crippen MR) is 79.8 cm³/mol. The van der Waals surface area contributed by atoms with Crippen molar-refractivity contribution >= 4 is 6.16 Å². The van der Waals surface area contributed by atoms with E-state index in [0.29, 0.717) is 25.1 Å². The number of aromatic nitrogens is 3. The summed E-state index contributed by atoms with van der Waals surface area (Å²) in [6, 6.07) is 2.77. The predicted octanol–water partition coefficient (Wildman–Crippen LogP) is 2.66. The standard InChI is InChI=1S/C15H13F4N3O5/c16-9-6-8(4-5-10(9)27-15(17,18)19)7-21-13(23)22-11(20-21)2-1-3-12(22)26-14(24)25/h4-6,12H,1-3,7H2,(H,24,25). The third-order valence-electron chi connectivity index (χ3n) is 3.87. The van der Waals surface area contributed by atoms with Gasteiger partial charge in [0.1, 0.15) is 5.82 Å². The number of halogens is 4. The van der Waals surface area contributed by atoms with Crippen molar-refractivity contribution < 1.29 is 36.9 Å². The number of ether oxygens (including phenoxy) is 2. The summed E-state index contributed by atoms with van der Waals surface area (Å²) in [7, 11) is 0. The molecular weight excluding hydrogens is 378 g/mol. The van der Waals surface area contributed by atoms with E-state index in [4.69, 9.17) is 5.11 Å². The largest absolute Gasteiger partial charge is 0.573 e. The summed E-state index contributed by atoms with van der Waals surface area (Å²) in [4.78, 5) is 23.2. The van der Waals surface area contributed by atoms with Crippen LogP contribution in [-0.4, -0.2) is 32.0 Å². The zero-order valence-corrected chi connectivity index (χ0v) is 13.6. The normalized spacial score (nSPS) is 16.7. The van der Waals surface area contributed by atoms with Crippen LogP contribution in [0.3, 0.4) is 0 Å². The quantitative estimate of drug-likeness (QED) is 0.636. The molecule has 0 fully saturated rings. The highest BCUT2D eigenvalue weighted by atomic mass is 19.4. The molecule has 0 aliphatic carbocycles. The number of benzene rings is 1. The Balaban J connectivity index is 1.85. The fourth-order valence-electron chi connectivity index (χ4n) is 2.84. The second-order valence-corrected chi connectivity index (χ2v) is 5.77. The monoisotopic (exact) mass is 391 g/mol. The van der Waals surface area contributed by atoms with Gasteiger partial charge in [-0.1, -0.05) is 6.07 Å². The van der Waals surface area contributed by atoms with Crippen molar-refractivity contribution in [2.45, 2.75) is 38.4 Å². The molecule has 1 unspecified atom stereocenters. The van der Waals surface area contributed by atoms with E-state index in [-0.39, 0.29) is 12.1 Å². The number of rotatable bonds is 4. The molecule has 0 bridgehead atoms. The Bertz CT molecular complexity index is 921. The van der Waals surface area contributed by atoms with Crippen molar-refractivity contribution in [1.82, 2.24) is 14.3 Å². The SMILES string of the molecule is O=C(O)OC1CCCc2nn(Cc3ccc(OC(F)(F)F)c(F)c3)c(=O)n21. The zero-order chi connectivity index (χ0) is 19.8. The minimum Gasteiger partial charge on any atom is -0.450 e. The molecule has 1 aliphatic heterocycles. The molecule has 8 nitrogen and oxygen atoms in total. The van der Waals surface area contributed by atoms with Gasteiger partial charge >= 0.3 is 18.2 Å². The van der Waals surface area contributed by atoms with Gasteiger partial charge in [0.25, 0.3) is 0 Å². The lowest BCUT2D eigenvalue weighted by atomic mass is 10.1. The van der Waals surface area contributed by atoms with Gasteiger partial charge in [-0.05, 0) is 24.1 Å². The lowest BCUT2D eigenvalue weighted by Gasteiger charge is -2.21. The molecular formula is C15H13F4N3O5. The third-order valence-corrected chi connectivity index (χ3v) is 3.87. The summed E-state index contributed by atoms with van der Waals surface area (Å²) < 4.78 is 60.6. The lowest BCUT2D eigenvalue weighted by Crippen LogP contribution is -2.33. The highest BCUT2D eigenvalue weighted by Gasteiger charge is 2.32. The van der Waals surface area contributed by atoms with Crippen LogP contribution in [0, 0.1) is 5.82 Å². The first-order chi connectivity index (χ1) is 12.6. The molecule has 1 aliphatic rings. The molecule has 0 amide bonds. The number of hydrogen-bond acceptors (Lipinski definition) is 5. The molecule has 146 valence electrons. The van der Waals surface area contributed by atoms with Gasteiger partial charge in [-0.2, -0.15) is 5.10 Å². The first kappa shape index (κ1) is 18.7. The van der Waals surface area contributed by atoms with Gasteiger partial charge < -0.3 is 14.6 Å². The van der Waals surface area contributed by atoms with Crippen molar-refractivity contribution in [3.8, 4) is 5.75 Å². The molecule has 12 heteroatoms. The topological polar surface area (TPSA) is 95.6 Å².